The molecule has 19 heavy (non-hydrogen) atoms. The smallest absolute Gasteiger partial charge is 0.119 e. The maximum atomic E-state index is 5.96. The minimum absolute atomic E-state index is 0.225. The lowest BCUT2D eigenvalue weighted by Crippen LogP contribution is -2.32. The first-order valence-electron chi connectivity index (χ1n) is 6.90. The van der Waals surface area contributed by atoms with Gasteiger partial charge in [-0.3, -0.25) is 0 Å². The van der Waals surface area contributed by atoms with Gasteiger partial charge in [0.1, 0.15) is 12.4 Å². The monoisotopic (exact) mass is 327 g/mol. The quantitative estimate of drug-likeness (QED) is 0.868. The van der Waals surface area contributed by atoms with Crippen LogP contribution in [-0.4, -0.2) is 31.4 Å². The van der Waals surface area contributed by atoms with E-state index in [1.165, 1.54) is 0 Å². The van der Waals surface area contributed by atoms with E-state index in [1.807, 2.05) is 24.3 Å². The summed E-state index contributed by atoms with van der Waals surface area (Å²) in [4.78, 5) is 0. The van der Waals surface area contributed by atoms with Crippen molar-refractivity contribution in [2.45, 2.75) is 44.9 Å². The van der Waals surface area contributed by atoms with Crippen LogP contribution in [-0.2, 0) is 4.74 Å². The van der Waals surface area contributed by atoms with Crippen LogP contribution < -0.4 is 10.1 Å². The molecule has 0 bridgehead atoms. The SMILES string of the molecule is CC(C)NCC1CCC(COc2ccc(Br)cc2)O1. The zero-order chi connectivity index (χ0) is 13.7. The Labute approximate surface area is 123 Å². The number of hydrogen-bond donors (Lipinski definition) is 1. The van der Waals surface area contributed by atoms with Crippen LogP contribution in [0.2, 0.25) is 0 Å². The average Bonchev–Trinajstić information content (AvgIpc) is 2.84. The van der Waals surface area contributed by atoms with Crippen molar-refractivity contribution in [1.29, 1.82) is 0 Å². The molecule has 1 heterocycles. The van der Waals surface area contributed by atoms with Gasteiger partial charge in [-0.2, -0.15) is 0 Å². The fourth-order valence-corrected chi connectivity index (χ4v) is 2.40. The molecule has 0 spiro atoms. The lowest BCUT2D eigenvalue weighted by molar-refractivity contribution is 0.0178. The summed E-state index contributed by atoms with van der Waals surface area (Å²) in [5.41, 5.74) is 0. The van der Waals surface area contributed by atoms with Crippen molar-refractivity contribution in [3.63, 3.8) is 0 Å². The molecule has 1 fully saturated rings. The Bertz CT molecular complexity index is 380. The molecule has 0 aromatic heterocycles. The summed E-state index contributed by atoms with van der Waals surface area (Å²) in [6.07, 6.45) is 2.76. The predicted molar refractivity (Wildman–Crippen MR) is 80.7 cm³/mol. The normalized spacial score (nSPS) is 22.9. The van der Waals surface area contributed by atoms with Crippen molar-refractivity contribution < 1.29 is 9.47 Å². The minimum atomic E-state index is 0.225. The molecule has 3 nitrogen and oxygen atoms in total. The third-order valence-electron chi connectivity index (χ3n) is 3.20. The van der Waals surface area contributed by atoms with Gasteiger partial charge in [-0.25, -0.2) is 0 Å². The molecule has 1 aromatic carbocycles. The van der Waals surface area contributed by atoms with Crippen LogP contribution >= 0.6 is 15.9 Å². The zero-order valence-electron chi connectivity index (χ0n) is 11.6. The summed E-state index contributed by atoms with van der Waals surface area (Å²) >= 11 is 3.41. The van der Waals surface area contributed by atoms with Gasteiger partial charge in [-0.1, -0.05) is 29.8 Å². The Hall–Kier alpha value is -0.580. The highest BCUT2D eigenvalue weighted by molar-refractivity contribution is 9.10. The fourth-order valence-electron chi connectivity index (χ4n) is 2.14. The van der Waals surface area contributed by atoms with E-state index >= 15 is 0 Å². The summed E-state index contributed by atoms with van der Waals surface area (Å²) in [7, 11) is 0. The van der Waals surface area contributed by atoms with Crippen molar-refractivity contribution in [2.75, 3.05) is 13.2 Å². The van der Waals surface area contributed by atoms with Gasteiger partial charge in [-0.05, 0) is 37.1 Å². The molecule has 0 saturated carbocycles. The van der Waals surface area contributed by atoms with Gasteiger partial charge < -0.3 is 14.8 Å². The molecule has 1 aromatic rings. The summed E-state index contributed by atoms with van der Waals surface area (Å²) in [6, 6.07) is 8.43. The van der Waals surface area contributed by atoms with Crippen LogP contribution in [0.15, 0.2) is 28.7 Å². The number of benzene rings is 1. The third kappa shape index (κ3) is 5.13. The van der Waals surface area contributed by atoms with Crippen molar-refractivity contribution >= 4 is 15.9 Å². The first-order chi connectivity index (χ1) is 9.13. The summed E-state index contributed by atoms with van der Waals surface area (Å²) < 4.78 is 12.8. The predicted octanol–water partition coefficient (Wildman–Crippen LogP) is 3.37. The van der Waals surface area contributed by atoms with Crippen LogP contribution in [0.3, 0.4) is 0 Å². The van der Waals surface area contributed by atoms with E-state index in [0.717, 1.165) is 29.6 Å². The molecule has 106 valence electrons. The zero-order valence-corrected chi connectivity index (χ0v) is 13.2. The molecule has 1 aliphatic heterocycles. The van der Waals surface area contributed by atoms with Crippen molar-refractivity contribution in [2.24, 2.45) is 0 Å². The second-order valence-corrected chi connectivity index (χ2v) is 6.20. The second-order valence-electron chi connectivity index (χ2n) is 5.29. The van der Waals surface area contributed by atoms with E-state index in [1.54, 1.807) is 0 Å². The van der Waals surface area contributed by atoms with Crippen LogP contribution in [0.25, 0.3) is 0 Å². The molecule has 1 N–H and O–H groups in total. The van der Waals surface area contributed by atoms with Gasteiger partial charge in [0, 0.05) is 17.1 Å². The molecular weight excluding hydrogens is 306 g/mol. The first kappa shape index (κ1) is 14.8. The third-order valence-corrected chi connectivity index (χ3v) is 3.73. The standard InChI is InChI=1S/C15H22BrNO2/c1-11(2)17-9-14-7-8-15(19-14)10-18-13-5-3-12(16)4-6-13/h3-6,11,14-15,17H,7-10H2,1-2H3. The number of nitrogens with one attached hydrogen (secondary N) is 1. The van der Waals surface area contributed by atoms with Gasteiger partial charge in [0.2, 0.25) is 0 Å². The highest BCUT2D eigenvalue weighted by atomic mass is 79.9. The maximum Gasteiger partial charge on any atom is 0.119 e. The molecule has 2 rings (SSSR count). The van der Waals surface area contributed by atoms with Crippen molar-refractivity contribution in [1.82, 2.24) is 5.32 Å². The average molecular weight is 328 g/mol. The molecule has 1 aliphatic rings. The van der Waals surface area contributed by atoms with Crippen molar-refractivity contribution in [3.05, 3.63) is 28.7 Å². The summed E-state index contributed by atoms with van der Waals surface area (Å²) in [5.74, 6) is 0.899. The van der Waals surface area contributed by atoms with Crippen molar-refractivity contribution in [3.8, 4) is 5.75 Å². The lowest BCUT2D eigenvalue weighted by atomic mass is 10.2. The van der Waals surface area contributed by atoms with Crippen LogP contribution in [0.4, 0.5) is 0 Å². The first-order valence-corrected chi connectivity index (χ1v) is 7.70. The Kier molecular flexibility index (Phi) is 5.67. The van der Waals surface area contributed by atoms with E-state index in [0.29, 0.717) is 18.8 Å². The molecule has 2 unspecified atom stereocenters. The fraction of sp³-hybridized carbons (Fsp3) is 0.600. The Morgan fingerprint density at radius 2 is 1.95 bits per heavy atom. The number of hydrogen-bond acceptors (Lipinski definition) is 3. The van der Waals surface area contributed by atoms with Gasteiger partial charge in [0.05, 0.1) is 12.2 Å². The molecular formula is C15H22BrNO2. The van der Waals surface area contributed by atoms with E-state index < -0.39 is 0 Å². The Balaban J connectivity index is 1.69. The maximum absolute atomic E-state index is 5.96. The highest BCUT2D eigenvalue weighted by Gasteiger charge is 2.25. The van der Waals surface area contributed by atoms with Gasteiger partial charge >= 0.3 is 0 Å². The Morgan fingerprint density at radius 1 is 1.26 bits per heavy atom. The van der Waals surface area contributed by atoms with E-state index in [4.69, 9.17) is 9.47 Å². The highest BCUT2D eigenvalue weighted by Crippen LogP contribution is 2.21. The van der Waals surface area contributed by atoms with Crippen LogP contribution in [0.5, 0.6) is 5.75 Å². The largest absolute Gasteiger partial charge is 0.491 e. The second kappa shape index (κ2) is 7.27. The molecule has 0 amide bonds. The Morgan fingerprint density at radius 3 is 2.63 bits per heavy atom. The minimum Gasteiger partial charge on any atom is -0.491 e. The summed E-state index contributed by atoms with van der Waals surface area (Å²) in [5, 5.41) is 3.42. The lowest BCUT2D eigenvalue weighted by Gasteiger charge is -2.16. The van der Waals surface area contributed by atoms with Gasteiger partial charge in [-0.15, -0.1) is 0 Å². The molecule has 0 aliphatic carbocycles. The summed E-state index contributed by atoms with van der Waals surface area (Å²) in [6.45, 7) is 5.89. The number of ether oxygens (including phenoxy) is 2. The molecule has 0 radical (unpaired) electrons. The molecule has 1 saturated heterocycles. The molecule has 4 heteroatoms. The van der Waals surface area contributed by atoms with Crippen LogP contribution in [0, 0.1) is 0 Å². The molecule has 2 atom stereocenters. The topological polar surface area (TPSA) is 30.5 Å². The van der Waals surface area contributed by atoms with E-state index in [-0.39, 0.29) is 6.10 Å². The number of halogens is 1. The van der Waals surface area contributed by atoms with E-state index in [2.05, 4.69) is 35.1 Å². The van der Waals surface area contributed by atoms with Gasteiger partial charge in [0.25, 0.3) is 0 Å². The van der Waals surface area contributed by atoms with Gasteiger partial charge in [0.15, 0.2) is 0 Å². The number of rotatable bonds is 6. The van der Waals surface area contributed by atoms with E-state index in [9.17, 15) is 0 Å². The van der Waals surface area contributed by atoms with Crippen LogP contribution in [0.1, 0.15) is 26.7 Å².